The molecule has 30 heavy (non-hydrogen) atoms. The highest BCUT2D eigenvalue weighted by Gasteiger charge is 2.18. The van der Waals surface area contributed by atoms with Crippen molar-refractivity contribution in [2.75, 3.05) is 10.6 Å². The predicted octanol–water partition coefficient (Wildman–Crippen LogP) is 6.48. The van der Waals surface area contributed by atoms with Crippen LogP contribution < -0.4 is 10.6 Å². The van der Waals surface area contributed by atoms with Gasteiger partial charge in [-0.15, -0.1) is 11.8 Å². The molecule has 0 aliphatic rings. The number of nitrogens with one attached hydrogen (secondary N) is 2. The van der Waals surface area contributed by atoms with Crippen LogP contribution in [0.5, 0.6) is 0 Å². The maximum Gasteiger partial charge on any atom is 0.237 e. The number of thioether (sulfide) groups is 1. The van der Waals surface area contributed by atoms with Gasteiger partial charge in [-0.05, 0) is 53.9 Å². The molecule has 2 N–H and O–H groups in total. The van der Waals surface area contributed by atoms with Crippen LogP contribution in [0, 0.1) is 0 Å². The lowest BCUT2D eigenvalue weighted by Crippen LogP contribution is -2.24. The third-order valence-electron chi connectivity index (χ3n) is 4.83. The molecule has 0 fully saturated rings. The summed E-state index contributed by atoms with van der Waals surface area (Å²) in [7, 11) is 0. The summed E-state index contributed by atoms with van der Waals surface area (Å²) in [5, 5.41) is 8.01. The van der Waals surface area contributed by atoms with E-state index in [0.29, 0.717) is 12.8 Å². The number of benzene rings is 3. The highest BCUT2D eigenvalue weighted by molar-refractivity contribution is 8.00. The number of carbonyl (C=O) groups is 2. The van der Waals surface area contributed by atoms with E-state index in [1.165, 1.54) is 11.8 Å². The summed E-state index contributed by atoms with van der Waals surface area (Å²) in [6, 6.07) is 21.7. The molecule has 5 heteroatoms. The van der Waals surface area contributed by atoms with Gasteiger partial charge in [0.25, 0.3) is 0 Å². The number of anilines is 2. The van der Waals surface area contributed by atoms with Crippen molar-refractivity contribution in [3.8, 4) is 0 Å². The van der Waals surface area contributed by atoms with Gasteiger partial charge in [0.05, 0.1) is 5.25 Å². The van der Waals surface area contributed by atoms with Gasteiger partial charge in [-0.2, -0.15) is 0 Å². The summed E-state index contributed by atoms with van der Waals surface area (Å²) in [5.74, 6) is 0.00949. The molecule has 0 aliphatic carbocycles. The number of hydrogen-bond donors (Lipinski definition) is 2. The van der Waals surface area contributed by atoms with Crippen molar-refractivity contribution in [1.29, 1.82) is 0 Å². The van der Waals surface area contributed by atoms with Gasteiger partial charge >= 0.3 is 0 Å². The first-order chi connectivity index (χ1) is 14.6. The summed E-state index contributed by atoms with van der Waals surface area (Å²) in [6.07, 6.45) is 3.11. The molecule has 1 unspecified atom stereocenters. The van der Waals surface area contributed by atoms with Crippen molar-refractivity contribution in [2.24, 2.45) is 0 Å². The largest absolute Gasteiger partial charge is 0.326 e. The summed E-state index contributed by atoms with van der Waals surface area (Å²) < 4.78 is 0. The van der Waals surface area contributed by atoms with E-state index in [1.807, 2.05) is 67.6 Å². The quantitative estimate of drug-likeness (QED) is 0.390. The Bertz CT molecular complexity index is 1020. The topological polar surface area (TPSA) is 58.2 Å². The van der Waals surface area contributed by atoms with E-state index in [0.717, 1.165) is 39.9 Å². The molecule has 3 aromatic rings. The number of amides is 2. The van der Waals surface area contributed by atoms with Crippen molar-refractivity contribution >= 4 is 45.7 Å². The van der Waals surface area contributed by atoms with Gasteiger partial charge in [-0.25, -0.2) is 0 Å². The molecule has 0 radical (unpaired) electrons. The molecule has 0 spiro atoms. The Hall–Kier alpha value is -2.79. The van der Waals surface area contributed by atoms with E-state index in [1.54, 1.807) is 0 Å². The van der Waals surface area contributed by atoms with Crippen molar-refractivity contribution in [1.82, 2.24) is 0 Å². The van der Waals surface area contributed by atoms with E-state index >= 15 is 0 Å². The van der Waals surface area contributed by atoms with E-state index in [4.69, 9.17) is 0 Å². The van der Waals surface area contributed by atoms with Crippen LogP contribution in [0.4, 0.5) is 11.4 Å². The second-order valence-corrected chi connectivity index (χ2v) is 8.52. The monoisotopic (exact) mass is 420 g/mol. The van der Waals surface area contributed by atoms with E-state index in [2.05, 4.69) is 23.6 Å². The maximum absolute atomic E-state index is 12.9. The van der Waals surface area contributed by atoms with Crippen LogP contribution in [0.1, 0.15) is 39.5 Å². The lowest BCUT2D eigenvalue weighted by molar-refractivity contribution is -0.116. The molecule has 0 aromatic heterocycles. The smallest absolute Gasteiger partial charge is 0.237 e. The minimum Gasteiger partial charge on any atom is -0.326 e. The normalized spacial score (nSPS) is 11.8. The molecule has 0 aliphatic heterocycles. The first-order valence-electron chi connectivity index (χ1n) is 10.4. The summed E-state index contributed by atoms with van der Waals surface area (Å²) in [5.41, 5.74) is 1.57. The van der Waals surface area contributed by atoms with Gasteiger partial charge < -0.3 is 10.6 Å². The average Bonchev–Trinajstić information content (AvgIpc) is 2.76. The Kier molecular flexibility index (Phi) is 7.91. The number of hydrogen-bond acceptors (Lipinski definition) is 3. The zero-order valence-electron chi connectivity index (χ0n) is 17.5. The van der Waals surface area contributed by atoms with Crippen LogP contribution in [-0.4, -0.2) is 17.1 Å². The molecule has 0 bridgehead atoms. The molecule has 1 atom stereocenters. The maximum atomic E-state index is 12.9. The fourth-order valence-electron chi connectivity index (χ4n) is 3.18. The molecule has 3 aromatic carbocycles. The van der Waals surface area contributed by atoms with E-state index < -0.39 is 0 Å². The molecular formula is C25H28N2O2S. The molecule has 0 saturated carbocycles. The lowest BCUT2D eigenvalue weighted by Gasteiger charge is -2.16. The van der Waals surface area contributed by atoms with Gasteiger partial charge in [0.1, 0.15) is 0 Å². The van der Waals surface area contributed by atoms with E-state index in [-0.39, 0.29) is 17.1 Å². The Morgan fingerprint density at radius 3 is 2.40 bits per heavy atom. The Balaban J connectivity index is 1.64. The van der Waals surface area contributed by atoms with Crippen LogP contribution in [0.25, 0.3) is 10.8 Å². The third kappa shape index (κ3) is 6.10. The van der Waals surface area contributed by atoms with Crippen LogP contribution in [0.2, 0.25) is 0 Å². The zero-order valence-corrected chi connectivity index (χ0v) is 18.3. The first-order valence-corrected chi connectivity index (χ1v) is 11.3. The molecule has 3 rings (SSSR count). The van der Waals surface area contributed by atoms with Crippen molar-refractivity contribution in [3.05, 3.63) is 66.7 Å². The Morgan fingerprint density at radius 2 is 1.63 bits per heavy atom. The van der Waals surface area contributed by atoms with Gasteiger partial charge in [0.15, 0.2) is 0 Å². The van der Waals surface area contributed by atoms with Crippen molar-refractivity contribution in [2.45, 2.75) is 49.7 Å². The van der Waals surface area contributed by atoms with Gasteiger partial charge in [-0.1, -0.05) is 56.7 Å². The lowest BCUT2D eigenvalue weighted by atomic mass is 10.1. The number of unbranched alkanes of at least 4 members (excludes halogenated alkanes) is 1. The Morgan fingerprint density at radius 1 is 0.867 bits per heavy atom. The fourth-order valence-corrected chi connectivity index (χ4v) is 4.20. The highest BCUT2D eigenvalue weighted by Crippen LogP contribution is 2.29. The van der Waals surface area contributed by atoms with E-state index in [9.17, 15) is 9.59 Å². The summed E-state index contributed by atoms with van der Waals surface area (Å²) in [4.78, 5) is 25.8. The SMILES string of the molecule is CCCCC(=O)Nc1cccc(SC(CC)C(=O)Nc2ccc3ccccc3c2)c1. The second kappa shape index (κ2) is 10.8. The second-order valence-electron chi connectivity index (χ2n) is 7.25. The molecular weight excluding hydrogens is 392 g/mol. The minimum absolute atomic E-state index is 0.0184. The summed E-state index contributed by atoms with van der Waals surface area (Å²) in [6.45, 7) is 4.08. The van der Waals surface area contributed by atoms with Crippen LogP contribution in [0.3, 0.4) is 0 Å². The average molecular weight is 421 g/mol. The zero-order chi connectivity index (χ0) is 21.3. The molecule has 2 amide bonds. The van der Waals surface area contributed by atoms with Crippen LogP contribution in [0.15, 0.2) is 71.6 Å². The molecule has 0 heterocycles. The van der Waals surface area contributed by atoms with Crippen LogP contribution >= 0.6 is 11.8 Å². The highest BCUT2D eigenvalue weighted by atomic mass is 32.2. The standard InChI is InChI=1S/C25H28N2O2S/c1-3-5-13-24(28)26-20-11-8-12-22(17-20)30-23(4-2)25(29)27-21-15-14-18-9-6-7-10-19(18)16-21/h6-12,14-17,23H,3-5,13H2,1-2H3,(H,26,28)(H,27,29). The van der Waals surface area contributed by atoms with Crippen LogP contribution in [-0.2, 0) is 9.59 Å². The predicted molar refractivity (Wildman–Crippen MR) is 127 cm³/mol. The van der Waals surface area contributed by atoms with Gasteiger partial charge in [0.2, 0.25) is 11.8 Å². The van der Waals surface area contributed by atoms with Crippen molar-refractivity contribution < 1.29 is 9.59 Å². The van der Waals surface area contributed by atoms with Gasteiger partial charge in [-0.3, -0.25) is 9.59 Å². The summed E-state index contributed by atoms with van der Waals surface area (Å²) >= 11 is 1.52. The molecule has 0 saturated heterocycles. The van der Waals surface area contributed by atoms with Crippen molar-refractivity contribution in [3.63, 3.8) is 0 Å². The minimum atomic E-state index is -0.220. The molecule has 4 nitrogen and oxygen atoms in total. The number of fused-ring (bicyclic) bond motifs is 1. The number of rotatable bonds is 9. The Labute approximate surface area is 182 Å². The number of carbonyl (C=O) groups excluding carboxylic acids is 2. The molecule has 156 valence electrons. The fraction of sp³-hybridized carbons (Fsp3) is 0.280. The first kappa shape index (κ1) is 21.9. The third-order valence-corrected chi connectivity index (χ3v) is 6.19. The van der Waals surface area contributed by atoms with Gasteiger partial charge in [0, 0.05) is 22.7 Å².